The number of ether oxygens (including phenoxy) is 3. The van der Waals surface area contributed by atoms with Crippen molar-refractivity contribution < 1.29 is 56.4 Å². The molecule has 0 aliphatic carbocycles. The van der Waals surface area contributed by atoms with Gasteiger partial charge in [-0.15, -0.1) is 0 Å². The summed E-state index contributed by atoms with van der Waals surface area (Å²) >= 11 is 0. The number of fused-ring (bicyclic) bond motifs is 1. The quantitative estimate of drug-likeness (QED) is 0.171. The number of pyridine rings is 1. The molecule has 0 spiro atoms. The number of benzene rings is 2. The fourth-order valence-corrected chi connectivity index (χ4v) is 4.33. The molecule has 3 aromatic rings. The van der Waals surface area contributed by atoms with Crippen LogP contribution in [0.5, 0.6) is 17.2 Å². The number of alkyl halides is 3. The number of nitrogens with one attached hydrogen (secondary N) is 2. The summed E-state index contributed by atoms with van der Waals surface area (Å²) in [5.74, 6) is -3.61. The van der Waals surface area contributed by atoms with Crippen molar-refractivity contribution in [3.05, 3.63) is 70.9 Å². The second-order valence-electron chi connectivity index (χ2n) is 10.2. The van der Waals surface area contributed by atoms with Gasteiger partial charge in [0.15, 0.2) is 23.1 Å². The van der Waals surface area contributed by atoms with Gasteiger partial charge in [-0.2, -0.15) is 18.7 Å². The minimum absolute atomic E-state index is 0.00608. The van der Waals surface area contributed by atoms with Crippen molar-refractivity contribution in [3.63, 3.8) is 0 Å². The fourth-order valence-electron chi connectivity index (χ4n) is 4.33. The molecular weight excluding hydrogens is 585 g/mol. The molecule has 232 valence electrons. The predicted molar refractivity (Wildman–Crippen MR) is 140 cm³/mol. The molecule has 2 aromatic carbocycles. The van der Waals surface area contributed by atoms with Crippen molar-refractivity contribution in [2.75, 3.05) is 26.9 Å². The Morgan fingerprint density at radius 1 is 1.19 bits per heavy atom. The number of carbonyl (C=O) groups excluding carboxylic acids is 1. The number of carbonyl (C=O) groups is 1. The SMILES string of the molecule is COc1cc(C(=O)NCC(O)(c2cc3c(c(-c4ccc(F)cc4)n2)OCC3(C)NO)C(F)(F)F)cc(F)c1OCC(C)O. The van der Waals surface area contributed by atoms with Gasteiger partial charge < -0.3 is 34.9 Å². The first-order valence-corrected chi connectivity index (χ1v) is 12.7. The van der Waals surface area contributed by atoms with Crippen molar-refractivity contribution >= 4 is 5.91 Å². The molecule has 3 atom stereocenters. The lowest BCUT2D eigenvalue weighted by Gasteiger charge is -2.31. The number of aliphatic hydroxyl groups excluding tert-OH is 1. The van der Waals surface area contributed by atoms with Crippen LogP contribution >= 0.6 is 0 Å². The summed E-state index contributed by atoms with van der Waals surface area (Å²) in [7, 11) is 1.14. The van der Waals surface area contributed by atoms with Crippen LogP contribution in [0.15, 0.2) is 42.5 Å². The average molecular weight is 614 g/mol. The molecule has 4 rings (SSSR count). The van der Waals surface area contributed by atoms with Crippen molar-refractivity contribution in [2.45, 2.75) is 37.3 Å². The van der Waals surface area contributed by atoms with Gasteiger partial charge in [0.1, 0.15) is 30.3 Å². The number of rotatable bonds is 10. The highest BCUT2D eigenvalue weighted by molar-refractivity contribution is 5.95. The summed E-state index contributed by atoms with van der Waals surface area (Å²) in [5.41, 5.74) is -4.66. The Bertz CT molecular complexity index is 1500. The summed E-state index contributed by atoms with van der Waals surface area (Å²) in [6, 6.07) is 7.19. The van der Waals surface area contributed by atoms with Gasteiger partial charge in [-0.1, -0.05) is 0 Å². The Morgan fingerprint density at radius 3 is 2.44 bits per heavy atom. The van der Waals surface area contributed by atoms with Crippen molar-refractivity contribution in [2.24, 2.45) is 0 Å². The molecule has 1 aliphatic rings. The fraction of sp³-hybridized carbons (Fsp3) is 0.357. The molecule has 0 fully saturated rings. The third-order valence-corrected chi connectivity index (χ3v) is 6.80. The van der Waals surface area contributed by atoms with E-state index in [1.807, 2.05) is 10.8 Å². The third-order valence-electron chi connectivity index (χ3n) is 6.80. The third kappa shape index (κ3) is 6.20. The molecule has 43 heavy (non-hydrogen) atoms. The number of methoxy groups -OCH3 is 1. The van der Waals surface area contributed by atoms with Gasteiger partial charge >= 0.3 is 6.18 Å². The molecule has 0 radical (unpaired) electrons. The first-order chi connectivity index (χ1) is 20.1. The van der Waals surface area contributed by atoms with Gasteiger partial charge in [0, 0.05) is 16.7 Å². The van der Waals surface area contributed by atoms with Crippen molar-refractivity contribution in [1.29, 1.82) is 0 Å². The number of aliphatic hydroxyl groups is 2. The molecule has 1 aliphatic heterocycles. The number of amides is 1. The molecule has 1 amide bonds. The van der Waals surface area contributed by atoms with E-state index in [1.54, 1.807) is 0 Å². The monoisotopic (exact) mass is 613 g/mol. The molecule has 15 heteroatoms. The molecule has 0 bridgehead atoms. The van der Waals surface area contributed by atoms with Crippen LogP contribution in [0.1, 0.15) is 35.5 Å². The molecule has 3 unspecified atom stereocenters. The van der Waals surface area contributed by atoms with Crippen LogP contribution in [-0.4, -0.2) is 65.5 Å². The van der Waals surface area contributed by atoms with E-state index in [9.17, 15) is 42.2 Å². The summed E-state index contributed by atoms with van der Waals surface area (Å²) in [6.45, 7) is 0.839. The maximum absolute atomic E-state index is 14.7. The molecule has 0 saturated heterocycles. The summed E-state index contributed by atoms with van der Waals surface area (Å²) in [5, 5.41) is 32.2. The van der Waals surface area contributed by atoms with E-state index in [4.69, 9.17) is 14.2 Å². The van der Waals surface area contributed by atoms with E-state index in [1.165, 1.54) is 26.0 Å². The van der Waals surface area contributed by atoms with E-state index in [0.29, 0.717) is 6.07 Å². The van der Waals surface area contributed by atoms with Gasteiger partial charge in [-0.25, -0.2) is 13.8 Å². The van der Waals surface area contributed by atoms with Gasteiger partial charge in [0.25, 0.3) is 5.91 Å². The normalized spacial score (nSPS) is 18.3. The minimum atomic E-state index is -5.41. The lowest BCUT2D eigenvalue weighted by Crippen LogP contribution is -2.51. The summed E-state index contributed by atoms with van der Waals surface area (Å²) in [6.07, 6.45) is -6.37. The van der Waals surface area contributed by atoms with Gasteiger partial charge in [0.05, 0.1) is 25.5 Å². The molecular formula is C28H28F5N3O7. The van der Waals surface area contributed by atoms with Crippen molar-refractivity contribution in [3.8, 4) is 28.5 Å². The summed E-state index contributed by atoms with van der Waals surface area (Å²) < 4.78 is 87.7. The smallest absolute Gasteiger partial charge is 0.424 e. The van der Waals surface area contributed by atoms with Crippen LogP contribution < -0.4 is 25.0 Å². The topological polar surface area (TPSA) is 142 Å². The number of aromatic nitrogens is 1. The van der Waals surface area contributed by atoms with Gasteiger partial charge in [-0.3, -0.25) is 4.79 Å². The largest absolute Gasteiger partial charge is 0.493 e. The van der Waals surface area contributed by atoms with Gasteiger partial charge in [0.2, 0.25) is 5.60 Å². The van der Waals surface area contributed by atoms with E-state index in [-0.39, 0.29) is 41.5 Å². The Kier molecular flexibility index (Phi) is 8.83. The highest BCUT2D eigenvalue weighted by Crippen LogP contribution is 2.47. The first kappa shape index (κ1) is 31.9. The Morgan fingerprint density at radius 2 is 1.86 bits per heavy atom. The minimum Gasteiger partial charge on any atom is -0.493 e. The molecule has 1 aromatic heterocycles. The predicted octanol–water partition coefficient (Wildman–Crippen LogP) is 3.56. The Hall–Kier alpha value is -4.05. The maximum atomic E-state index is 14.7. The van der Waals surface area contributed by atoms with Crippen LogP contribution in [0, 0.1) is 11.6 Å². The van der Waals surface area contributed by atoms with E-state index < -0.39 is 64.5 Å². The number of hydroxylamine groups is 1. The lowest BCUT2D eigenvalue weighted by atomic mass is 9.89. The molecule has 5 N–H and O–H groups in total. The lowest BCUT2D eigenvalue weighted by molar-refractivity contribution is -0.265. The van der Waals surface area contributed by atoms with Crippen LogP contribution in [-0.2, 0) is 11.1 Å². The zero-order valence-electron chi connectivity index (χ0n) is 23.1. The second-order valence-corrected chi connectivity index (χ2v) is 10.2. The first-order valence-electron chi connectivity index (χ1n) is 12.7. The van der Waals surface area contributed by atoms with E-state index in [0.717, 1.165) is 31.4 Å². The average Bonchev–Trinajstić information content (AvgIpc) is 3.30. The van der Waals surface area contributed by atoms with Crippen LogP contribution in [0.25, 0.3) is 11.3 Å². The molecule has 10 nitrogen and oxygen atoms in total. The summed E-state index contributed by atoms with van der Waals surface area (Å²) in [4.78, 5) is 16.9. The molecule has 2 heterocycles. The Labute approximate surface area is 242 Å². The van der Waals surface area contributed by atoms with E-state index in [2.05, 4.69) is 4.98 Å². The van der Waals surface area contributed by atoms with E-state index >= 15 is 0 Å². The van der Waals surface area contributed by atoms with Gasteiger partial charge in [-0.05, 0) is 56.3 Å². The second kappa shape index (κ2) is 11.9. The highest BCUT2D eigenvalue weighted by Gasteiger charge is 2.57. The maximum Gasteiger partial charge on any atom is 0.424 e. The zero-order valence-corrected chi connectivity index (χ0v) is 23.1. The number of nitrogens with zero attached hydrogens (tertiary/aromatic N) is 1. The van der Waals surface area contributed by atoms with Crippen LogP contribution in [0.4, 0.5) is 22.0 Å². The van der Waals surface area contributed by atoms with Crippen LogP contribution in [0.2, 0.25) is 0 Å². The molecule has 0 saturated carbocycles. The number of hydrogen-bond acceptors (Lipinski definition) is 9. The number of halogens is 5. The van der Waals surface area contributed by atoms with Crippen molar-refractivity contribution in [1.82, 2.24) is 15.8 Å². The zero-order chi connectivity index (χ0) is 31.7. The standard InChI is InChI=1S/C28H28F5N3O7/c1-14(37)11-42-24-19(30)8-16(9-20(24)41-3)25(38)34-12-27(39,28(31,32)33)21-10-18-23(43-13-26(18,2)36-40)22(35-21)15-4-6-17(29)7-5-15/h4-10,14,36-37,39-40H,11-13H2,1-3H3,(H,34,38). The Balaban J connectivity index is 1.74. The highest BCUT2D eigenvalue weighted by atomic mass is 19.4. The number of hydrogen-bond donors (Lipinski definition) is 5. The van der Waals surface area contributed by atoms with Crippen LogP contribution in [0.3, 0.4) is 0 Å².